The van der Waals surface area contributed by atoms with Crippen LogP contribution < -0.4 is 21.9 Å². The molecule has 0 bridgehead atoms. The summed E-state index contributed by atoms with van der Waals surface area (Å²) in [6, 6.07) is 25.5. The number of hydrogen-bond acceptors (Lipinski definition) is 3. The van der Waals surface area contributed by atoms with E-state index in [9.17, 15) is 14.7 Å². The Kier molecular flexibility index (Phi) is 18.0. The van der Waals surface area contributed by atoms with Gasteiger partial charge in [0.05, 0.1) is 5.41 Å². The van der Waals surface area contributed by atoms with Gasteiger partial charge in [-0.15, -0.1) is 0 Å². The van der Waals surface area contributed by atoms with Crippen LogP contribution in [0.2, 0.25) is 0 Å². The second-order valence-electron chi connectivity index (χ2n) is 18.9. The SMILES string of the molecule is CCCCCCCCCCC(C(=O)O)N1C(=CC=CC2=[N+](CCCCCCCCCCCC(=O)O)c3ccc4ccccc4c3C2(C)C)C(C)(C)c2c1ccc1ccccc21.[Br-]. The molecule has 7 heteroatoms. The molecule has 6 nitrogen and oxygen atoms in total. The molecular weight excluding hydrogens is 833 g/mol. The summed E-state index contributed by atoms with van der Waals surface area (Å²) in [6.07, 6.45) is 27.1. The minimum absolute atomic E-state index is 0. The van der Waals surface area contributed by atoms with Crippen molar-refractivity contribution in [2.24, 2.45) is 0 Å². The molecule has 0 saturated heterocycles. The van der Waals surface area contributed by atoms with Crippen molar-refractivity contribution >= 4 is 50.6 Å². The van der Waals surface area contributed by atoms with E-state index in [0.29, 0.717) is 6.42 Å². The summed E-state index contributed by atoms with van der Waals surface area (Å²) in [5, 5.41) is 24.8. The van der Waals surface area contributed by atoms with E-state index in [-0.39, 0.29) is 28.8 Å². The molecule has 0 amide bonds. The second kappa shape index (κ2) is 22.9. The van der Waals surface area contributed by atoms with Crippen LogP contribution >= 0.6 is 0 Å². The summed E-state index contributed by atoms with van der Waals surface area (Å²) >= 11 is 0. The monoisotopic (exact) mass is 904 g/mol. The third-order valence-corrected chi connectivity index (χ3v) is 13.7. The number of aliphatic carboxylic acids is 2. The van der Waals surface area contributed by atoms with Crippen molar-refractivity contribution in [3.63, 3.8) is 0 Å². The van der Waals surface area contributed by atoms with Gasteiger partial charge >= 0.3 is 11.9 Å². The smallest absolute Gasteiger partial charge is 0.326 e. The number of carbonyl (C=O) groups is 2. The van der Waals surface area contributed by atoms with Crippen LogP contribution in [0.5, 0.6) is 0 Å². The predicted octanol–water partition coefficient (Wildman–Crippen LogP) is 11.6. The molecule has 2 aliphatic rings. The number of carboxylic acid groups (broad SMARTS) is 2. The topological polar surface area (TPSA) is 80.8 Å². The molecule has 0 aromatic heterocycles. The molecule has 6 rings (SSSR count). The van der Waals surface area contributed by atoms with Crippen LogP contribution in [0.1, 0.15) is 168 Å². The van der Waals surface area contributed by atoms with Crippen molar-refractivity contribution < 1.29 is 41.4 Å². The summed E-state index contributed by atoms with van der Waals surface area (Å²) in [4.78, 5) is 26.3. The summed E-state index contributed by atoms with van der Waals surface area (Å²) in [6.45, 7) is 12.5. The molecule has 2 N–H and O–H groups in total. The molecule has 4 aromatic carbocycles. The number of rotatable bonds is 25. The van der Waals surface area contributed by atoms with Gasteiger partial charge in [0.1, 0.15) is 12.6 Å². The lowest BCUT2D eigenvalue weighted by Crippen LogP contribution is -3.00. The van der Waals surface area contributed by atoms with E-state index in [1.54, 1.807) is 0 Å². The number of halogens is 1. The lowest BCUT2D eigenvalue weighted by atomic mass is 9.79. The first-order chi connectivity index (χ1) is 29.5. The zero-order chi connectivity index (χ0) is 43.4. The molecule has 1 atom stereocenters. The van der Waals surface area contributed by atoms with Crippen LogP contribution in [0.3, 0.4) is 0 Å². The summed E-state index contributed by atoms with van der Waals surface area (Å²) in [5.41, 5.74) is 6.54. The summed E-state index contributed by atoms with van der Waals surface area (Å²) in [7, 11) is 0. The van der Waals surface area contributed by atoms with Crippen molar-refractivity contribution in [2.45, 2.75) is 173 Å². The highest BCUT2D eigenvalue weighted by Crippen LogP contribution is 2.52. The number of unbranched alkanes of at least 4 members (excludes halogenated alkanes) is 15. The average Bonchev–Trinajstić information content (AvgIpc) is 3.60. The highest BCUT2D eigenvalue weighted by atomic mass is 79.9. The fourth-order valence-corrected chi connectivity index (χ4v) is 10.4. The minimum Gasteiger partial charge on any atom is -1.00 e. The minimum atomic E-state index is -0.759. The second-order valence-corrected chi connectivity index (χ2v) is 18.9. The molecule has 0 spiro atoms. The lowest BCUT2D eigenvalue weighted by molar-refractivity contribution is -0.438. The molecule has 1 unspecified atom stereocenters. The van der Waals surface area contributed by atoms with Gasteiger partial charge in [0.15, 0.2) is 5.71 Å². The van der Waals surface area contributed by atoms with E-state index in [1.165, 1.54) is 108 Å². The number of nitrogens with zero attached hydrogens (tertiary/aromatic N) is 2. The van der Waals surface area contributed by atoms with Gasteiger partial charge in [-0.05, 0) is 78.4 Å². The standard InChI is InChI=1S/C55H72N2O4.BrH/c1-6-7-8-9-10-14-17-20-32-47(53(60)61)57-46-39-37-42-29-23-25-31-44(42)52(46)55(4,5)49(57)34-27-33-48-54(2,3)51-43-30-24-22-28-41(43)36-38-45(51)56(48)40-26-19-16-13-11-12-15-18-21-35-50(58)59;/h22-25,27-31,33-34,36-39,47H,6-21,26,32,35,40H2,1-5H3,(H-,58,59,60,61);1H. The highest BCUT2D eigenvalue weighted by molar-refractivity contribution is 6.08. The van der Waals surface area contributed by atoms with Gasteiger partial charge in [-0.3, -0.25) is 4.79 Å². The molecule has 2 aliphatic heterocycles. The van der Waals surface area contributed by atoms with Gasteiger partial charge in [0.25, 0.3) is 0 Å². The van der Waals surface area contributed by atoms with E-state index in [1.807, 2.05) is 0 Å². The normalized spacial score (nSPS) is 16.3. The zero-order valence-electron chi connectivity index (χ0n) is 38.4. The first-order valence-electron chi connectivity index (χ1n) is 23.8. The van der Waals surface area contributed by atoms with Crippen molar-refractivity contribution in [1.29, 1.82) is 0 Å². The van der Waals surface area contributed by atoms with E-state index >= 15 is 0 Å². The maximum atomic E-state index is 13.3. The molecule has 0 radical (unpaired) electrons. The molecule has 62 heavy (non-hydrogen) atoms. The Morgan fingerprint density at radius 3 is 1.77 bits per heavy atom. The van der Waals surface area contributed by atoms with Gasteiger partial charge in [-0.1, -0.05) is 171 Å². The largest absolute Gasteiger partial charge is 1.00 e. The summed E-state index contributed by atoms with van der Waals surface area (Å²) < 4.78 is 2.56. The molecule has 2 heterocycles. The Bertz CT molecular complexity index is 2230. The van der Waals surface area contributed by atoms with Crippen LogP contribution in [0, 0.1) is 0 Å². The maximum absolute atomic E-state index is 13.3. The Balaban J connectivity index is 0.00000726. The van der Waals surface area contributed by atoms with Crippen LogP contribution in [-0.4, -0.2) is 45.0 Å². The Labute approximate surface area is 383 Å². The van der Waals surface area contributed by atoms with Gasteiger partial charge in [0.2, 0.25) is 5.69 Å². The molecule has 0 saturated carbocycles. The third-order valence-electron chi connectivity index (χ3n) is 13.7. The first kappa shape index (κ1) is 48.8. The number of fused-ring (bicyclic) bond motifs is 6. The number of allylic oxidation sites excluding steroid dienone is 4. The van der Waals surface area contributed by atoms with Crippen LogP contribution in [-0.2, 0) is 20.4 Å². The Morgan fingerprint density at radius 1 is 0.645 bits per heavy atom. The predicted molar refractivity (Wildman–Crippen MR) is 256 cm³/mol. The van der Waals surface area contributed by atoms with Gasteiger partial charge in [-0.2, -0.15) is 4.58 Å². The van der Waals surface area contributed by atoms with Gasteiger partial charge in [0, 0.05) is 47.3 Å². The van der Waals surface area contributed by atoms with E-state index in [0.717, 1.165) is 62.9 Å². The third kappa shape index (κ3) is 11.3. The van der Waals surface area contributed by atoms with Crippen LogP contribution in [0.25, 0.3) is 21.5 Å². The van der Waals surface area contributed by atoms with Crippen molar-refractivity contribution in [3.05, 3.63) is 108 Å². The fourth-order valence-electron chi connectivity index (χ4n) is 10.4. The fraction of sp³-hybridized carbons (Fsp3) is 0.509. The van der Waals surface area contributed by atoms with Gasteiger partial charge < -0.3 is 32.1 Å². The quantitative estimate of drug-likeness (QED) is 0.0511. The Hall–Kier alpha value is -4.23. The van der Waals surface area contributed by atoms with E-state index in [2.05, 4.69) is 135 Å². The highest BCUT2D eigenvalue weighted by Gasteiger charge is 2.47. The lowest BCUT2D eigenvalue weighted by Gasteiger charge is -2.32. The number of hydrogen-bond donors (Lipinski definition) is 2. The first-order valence-corrected chi connectivity index (χ1v) is 23.8. The van der Waals surface area contributed by atoms with E-state index < -0.39 is 23.4 Å². The van der Waals surface area contributed by atoms with Crippen molar-refractivity contribution in [2.75, 3.05) is 11.4 Å². The zero-order valence-corrected chi connectivity index (χ0v) is 39.9. The number of benzene rings is 4. The molecule has 0 aliphatic carbocycles. The Morgan fingerprint density at radius 2 is 1.18 bits per heavy atom. The molecule has 0 fully saturated rings. The maximum Gasteiger partial charge on any atom is 0.326 e. The summed E-state index contributed by atoms with van der Waals surface area (Å²) in [5.74, 6) is -1.45. The molecule has 4 aromatic rings. The van der Waals surface area contributed by atoms with Crippen molar-refractivity contribution in [3.8, 4) is 0 Å². The average molecular weight is 906 g/mol. The van der Waals surface area contributed by atoms with Crippen LogP contribution in [0.4, 0.5) is 11.4 Å². The number of anilines is 1. The number of carboxylic acids is 2. The van der Waals surface area contributed by atoms with E-state index in [4.69, 9.17) is 5.11 Å². The van der Waals surface area contributed by atoms with Gasteiger partial charge in [-0.25, -0.2) is 4.79 Å². The van der Waals surface area contributed by atoms with Crippen molar-refractivity contribution in [1.82, 2.24) is 0 Å². The van der Waals surface area contributed by atoms with Crippen LogP contribution in [0.15, 0.2) is 96.7 Å². The molecule has 334 valence electrons. The molecular formula is C55H73BrN2O4.